The summed E-state index contributed by atoms with van der Waals surface area (Å²) in [5, 5.41) is 11.3. The van der Waals surface area contributed by atoms with E-state index in [9.17, 15) is 0 Å². The van der Waals surface area contributed by atoms with Crippen LogP contribution in [0.15, 0.2) is 35.5 Å². The third kappa shape index (κ3) is 5.94. The lowest BCUT2D eigenvalue weighted by atomic mass is 10.2. The maximum absolute atomic E-state index is 5.50. The zero-order chi connectivity index (χ0) is 20.7. The summed E-state index contributed by atoms with van der Waals surface area (Å²) in [6.45, 7) is 9.69. The number of rotatable bonds is 7. The Morgan fingerprint density at radius 2 is 2.10 bits per heavy atom. The number of anilines is 1. The Kier molecular flexibility index (Phi) is 7.09. The Labute approximate surface area is 173 Å². The highest BCUT2D eigenvalue weighted by atomic mass is 28.3. The van der Waals surface area contributed by atoms with E-state index in [4.69, 9.17) is 9.47 Å². The highest BCUT2D eigenvalue weighted by Crippen LogP contribution is 2.23. The molecule has 0 atom stereocenters. The SMILES string of the molecule is COCCOCCNC1=NCNc2c1cnn2-c1cccc(C#C[Si](C)(C)C)c1. The van der Waals surface area contributed by atoms with E-state index >= 15 is 0 Å². The van der Waals surface area contributed by atoms with Crippen LogP contribution in [0, 0.1) is 11.5 Å². The van der Waals surface area contributed by atoms with E-state index in [2.05, 4.69) is 57.9 Å². The van der Waals surface area contributed by atoms with E-state index in [1.54, 1.807) is 7.11 Å². The minimum absolute atomic E-state index is 0.501. The highest BCUT2D eigenvalue weighted by molar-refractivity contribution is 6.83. The second-order valence-corrected chi connectivity index (χ2v) is 12.5. The van der Waals surface area contributed by atoms with Crippen LogP contribution in [0.25, 0.3) is 5.69 Å². The van der Waals surface area contributed by atoms with Crippen molar-refractivity contribution in [3.63, 3.8) is 0 Å². The molecule has 2 heterocycles. The van der Waals surface area contributed by atoms with E-state index in [1.165, 1.54) is 0 Å². The lowest BCUT2D eigenvalue weighted by Gasteiger charge is -2.18. The minimum Gasteiger partial charge on any atom is -0.382 e. The second-order valence-electron chi connectivity index (χ2n) is 7.74. The predicted octanol–water partition coefficient (Wildman–Crippen LogP) is 2.48. The van der Waals surface area contributed by atoms with Crippen LogP contribution in [0.4, 0.5) is 5.82 Å². The average Bonchev–Trinajstić information content (AvgIpc) is 3.14. The zero-order valence-electron chi connectivity index (χ0n) is 17.6. The number of benzene rings is 1. The summed E-state index contributed by atoms with van der Waals surface area (Å²) >= 11 is 0. The van der Waals surface area contributed by atoms with Crippen molar-refractivity contribution < 1.29 is 9.47 Å². The molecule has 0 spiro atoms. The molecule has 0 radical (unpaired) electrons. The normalized spacial score (nSPS) is 13.0. The smallest absolute Gasteiger partial charge is 0.142 e. The van der Waals surface area contributed by atoms with Gasteiger partial charge in [0.15, 0.2) is 0 Å². The van der Waals surface area contributed by atoms with E-state index in [0.717, 1.165) is 28.5 Å². The summed E-state index contributed by atoms with van der Waals surface area (Å²) in [4.78, 5) is 4.53. The van der Waals surface area contributed by atoms with Gasteiger partial charge in [-0.1, -0.05) is 31.6 Å². The summed E-state index contributed by atoms with van der Waals surface area (Å²) in [6, 6.07) is 8.17. The Morgan fingerprint density at radius 1 is 1.24 bits per heavy atom. The Hall–Kier alpha value is -2.60. The van der Waals surface area contributed by atoms with Crippen LogP contribution in [0.1, 0.15) is 11.1 Å². The average molecular weight is 412 g/mol. The number of aliphatic imine (C=N–C) groups is 1. The summed E-state index contributed by atoms with van der Waals surface area (Å²) in [5.41, 5.74) is 6.35. The fourth-order valence-electron chi connectivity index (χ4n) is 2.78. The molecule has 0 amide bonds. The molecule has 1 aromatic carbocycles. The van der Waals surface area contributed by atoms with Crippen molar-refractivity contribution in [2.45, 2.75) is 19.6 Å². The van der Waals surface area contributed by atoms with Gasteiger partial charge in [0.05, 0.1) is 37.3 Å². The number of methoxy groups -OCH3 is 1. The maximum atomic E-state index is 5.50. The van der Waals surface area contributed by atoms with Crippen molar-refractivity contribution >= 4 is 19.7 Å². The largest absolute Gasteiger partial charge is 0.382 e. The first kappa shape index (κ1) is 21.1. The number of nitrogens with one attached hydrogen (secondary N) is 2. The first-order valence-corrected chi connectivity index (χ1v) is 13.3. The molecule has 0 bridgehead atoms. The predicted molar refractivity (Wildman–Crippen MR) is 120 cm³/mol. The molecule has 2 aromatic rings. The quantitative estimate of drug-likeness (QED) is 0.416. The van der Waals surface area contributed by atoms with Gasteiger partial charge in [-0.3, -0.25) is 0 Å². The fourth-order valence-corrected chi connectivity index (χ4v) is 3.30. The highest BCUT2D eigenvalue weighted by Gasteiger charge is 2.20. The van der Waals surface area contributed by atoms with Crippen LogP contribution in [-0.4, -0.2) is 63.8 Å². The van der Waals surface area contributed by atoms with Crippen molar-refractivity contribution in [3.8, 4) is 17.2 Å². The molecule has 7 nitrogen and oxygen atoms in total. The van der Waals surface area contributed by atoms with Gasteiger partial charge in [0.25, 0.3) is 0 Å². The first-order chi connectivity index (χ1) is 14.0. The van der Waals surface area contributed by atoms with Crippen LogP contribution in [-0.2, 0) is 9.47 Å². The molecule has 154 valence electrons. The third-order valence-corrected chi connectivity index (χ3v) is 5.03. The number of aromatic nitrogens is 2. The van der Waals surface area contributed by atoms with Crippen LogP contribution in [0.3, 0.4) is 0 Å². The van der Waals surface area contributed by atoms with Gasteiger partial charge in [-0.05, 0) is 18.2 Å². The first-order valence-electron chi connectivity index (χ1n) is 9.79. The second kappa shape index (κ2) is 9.74. The molecule has 1 aliphatic heterocycles. The number of amidine groups is 1. The Bertz CT molecular complexity index is 921. The number of ether oxygens (including phenoxy) is 2. The van der Waals surface area contributed by atoms with Crippen LogP contribution >= 0.6 is 0 Å². The molecule has 29 heavy (non-hydrogen) atoms. The van der Waals surface area contributed by atoms with Crippen LogP contribution in [0.5, 0.6) is 0 Å². The molecule has 0 unspecified atom stereocenters. The molecule has 0 fully saturated rings. The van der Waals surface area contributed by atoms with Crippen LogP contribution in [0.2, 0.25) is 19.6 Å². The summed E-state index contributed by atoms with van der Waals surface area (Å²) < 4.78 is 12.4. The van der Waals surface area contributed by atoms with Crippen LogP contribution < -0.4 is 10.6 Å². The molecule has 2 N–H and O–H groups in total. The van der Waals surface area contributed by atoms with Gasteiger partial charge in [0, 0.05) is 19.2 Å². The van der Waals surface area contributed by atoms with Gasteiger partial charge in [-0.15, -0.1) is 5.54 Å². The molecule has 0 aliphatic carbocycles. The van der Waals surface area contributed by atoms with E-state index in [0.29, 0.717) is 33.0 Å². The van der Waals surface area contributed by atoms with Crippen molar-refractivity contribution in [2.75, 3.05) is 45.5 Å². The standard InChI is InChI=1S/C21H29N5O2Si/c1-27-11-12-28-10-9-22-20-19-15-25-26(21(19)24-16-23-20)18-7-5-6-17(14-18)8-13-29(2,3)4/h5-7,14-15,24H,9-12,16H2,1-4H3,(H,22,23). The molecule has 0 saturated carbocycles. The number of nitrogens with zero attached hydrogens (tertiary/aromatic N) is 3. The molecule has 3 rings (SSSR count). The Morgan fingerprint density at radius 3 is 2.90 bits per heavy atom. The molecule has 1 aliphatic rings. The topological polar surface area (TPSA) is 72.7 Å². The van der Waals surface area contributed by atoms with Crippen molar-refractivity contribution in [1.82, 2.24) is 15.1 Å². The zero-order valence-corrected chi connectivity index (χ0v) is 18.6. The summed E-state index contributed by atoms with van der Waals surface area (Å²) in [7, 11) is 0.249. The number of hydrogen-bond acceptors (Lipinski definition) is 6. The lowest BCUT2D eigenvalue weighted by Crippen LogP contribution is -2.32. The summed E-state index contributed by atoms with van der Waals surface area (Å²) in [5.74, 6) is 5.07. The van der Waals surface area contributed by atoms with Gasteiger partial charge in [0.2, 0.25) is 0 Å². The van der Waals surface area contributed by atoms with Gasteiger partial charge in [-0.2, -0.15) is 5.10 Å². The van der Waals surface area contributed by atoms with Gasteiger partial charge < -0.3 is 20.1 Å². The van der Waals surface area contributed by atoms with Gasteiger partial charge in [0.1, 0.15) is 26.4 Å². The van der Waals surface area contributed by atoms with Crippen molar-refractivity contribution in [2.24, 2.45) is 4.99 Å². The van der Waals surface area contributed by atoms with E-state index in [-0.39, 0.29) is 0 Å². The minimum atomic E-state index is -1.42. The van der Waals surface area contributed by atoms with E-state index in [1.807, 2.05) is 29.1 Å². The maximum Gasteiger partial charge on any atom is 0.142 e. The number of fused-ring (bicyclic) bond motifs is 1. The lowest BCUT2D eigenvalue weighted by molar-refractivity contribution is 0.0734. The van der Waals surface area contributed by atoms with E-state index < -0.39 is 8.07 Å². The number of hydrogen-bond donors (Lipinski definition) is 2. The molecular formula is C21H29N5O2Si. The van der Waals surface area contributed by atoms with Gasteiger partial charge >= 0.3 is 0 Å². The van der Waals surface area contributed by atoms with Gasteiger partial charge in [-0.25, -0.2) is 9.67 Å². The molecule has 0 saturated heterocycles. The fraction of sp³-hybridized carbons (Fsp3) is 0.429. The Balaban J connectivity index is 1.72. The third-order valence-electron chi connectivity index (χ3n) is 4.15. The molecule has 1 aromatic heterocycles. The molecule has 8 heteroatoms. The van der Waals surface area contributed by atoms with Crippen molar-refractivity contribution in [1.29, 1.82) is 0 Å². The van der Waals surface area contributed by atoms with Crippen molar-refractivity contribution in [3.05, 3.63) is 41.6 Å². The summed E-state index contributed by atoms with van der Waals surface area (Å²) in [6.07, 6.45) is 1.83. The molecular weight excluding hydrogens is 382 g/mol. The monoisotopic (exact) mass is 411 g/mol.